The molecule has 0 saturated heterocycles. The number of hydrogen-bond acceptors (Lipinski definition) is 3. The van der Waals surface area contributed by atoms with Crippen LogP contribution in [0.4, 0.5) is 4.39 Å². The number of fused-ring (bicyclic) bond motifs is 1. The van der Waals surface area contributed by atoms with Gasteiger partial charge in [-0.2, -0.15) is 0 Å². The zero-order valence-electron chi connectivity index (χ0n) is 16.1. The number of rotatable bonds is 5. The number of amides is 1. The third-order valence-corrected chi connectivity index (χ3v) is 5.24. The number of nitrogens with one attached hydrogen (secondary N) is 1. The van der Waals surface area contributed by atoms with Crippen LogP contribution in [0.3, 0.4) is 0 Å². The summed E-state index contributed by atoms with van der Waals surface area (Å²) in [5.41, 5.74) is 4.69. The van der Waals surface area contributed by atoms with E-state index in [4.69, 9.17) is 11.6 Å². The molecular formula is C22H23ClFN3O. The van der Waals surface area contributed by atoms with Crippen molar-refractivity contribution in [3.63, 3.8) is 0 Å². The zero-order chi connectivity index (χ0) is 20.4. The van der Waals surface area contributed by atoms with Crippen LogP contribution in [0, 0.1) is 5.82 Å². The van der Waals surface area contributed by atoms with E-state index in [1.807, 2.05) is 35.3 Å². The van der Waals surface area contributed by atoms with E-state index >= 15 is 0 Å². The minimum atomic E-state index is -0.274. The number of halogens is 2. The molecule has 0 unspecified atom stereocenters. The molecule has 0 spiro atoms. The van der Waals surface area contributed by atoms with Crippen molar-refractivity contribution in [2.24, 2.45) is 0 Å². The molecule has 1 amide bonds. The van der Waals surface area contributed by atoms with Crippen molar-refractivity contribution in [1.82, 2.24) is 15.1 Å². The van der Waals surface area contributed by atoms with Gasteiger partial charge in [0.15, 0.2) is 0 Å². The monoisotopic (exact) mass is 399 g/mol. The minimum absolute atomic E-state index is 0.142. The predicted octanol–water partition coefficient (Wildman–Crippen LogP) is 4.84. The van der Waals surface area contributed by atoms with E-state index in [9.17, 15) is 9.18 Å². The smallest absolute Gasteiger partial charge is 0.221 e. The van der Waals surface area contributed by atoms with Crippen molar-refractivity contribution in [2.45, 2.75) is 26.7 Å². The Hall–Kier alpha value is -2.79. The summed E-state index contributed by atoms with van der Waals surface area (Å²) in [4.78, 5) is 15.4. The van der Waals surface area contributed by atoms with Crippen molar-refractivity contribution < 1.29 is 9.18 Å². The van der Waals surface area contributed by atoms with Crippen LogP contribution in [-0.2, 0) is 11.2 Å². The second kappa shape index (κ2) is 8.07. The quantitative estimate of drug-likeness (QED) is 0.769. The zero-order valence-corrected chi connectivity index (χ0v) is 16.8. The van der Waals surface area contributed by atoms with Crippen LogP contribution < -0.4 is 5.32 Å². The van der Waals surface area contributed by atoms with E-state index < -0.39 is 0 Å². The number of allylic oxidation sites excluding steroid dienone is 1. The second-order valence-electron chi connectivity index (χ2n) is 6.83. The SMILES string of the molecule is C=C1C(NC(C)=O)=CN2C=CN(CCCc3c(F)cccc3Cl)C(=C)C2=C1C. The number of carbonyl (C=O) groups is 1. The first-order valence-electron chi connectivity index (χ1n) is 9.05. The van der Waals surface area contributed by atoms with Crippen LogP contribution >= 0.6 is 11.6 Å². The molecule has 1 N–H and O–H groups in total. The van der Waals surface area contributed by atoms with E-state index in [-0.39, 0.29) is 11.7 Å². The van der Waals surface area contributed by atoms with Gasteiger partial charge in [-0.05, 0) is 43.0 Å². The summed E-state index contributed by atoms with van der Waals surface area (Å²) in [7, 11) is 0. The molecule has 0 saturated carbocycles. The van der Waals surface area contributed by atoms with Gasteiger partial charge in [0, 0.05) is 42.7 Å². The van der Waals surface area contributed by atoms with Crippen LogP contribution in [0.25, 0.3) is 0 Å². The van der Waals surface area contributed by atoms with Gasteiger partial charge in [-0.1, -0.05) is 30.8 Å². The maximum absolute atomic E-state index is 13.9. The third-order valence-electron chi connectivity index (χ3n) is 4.88. The van der Waals surface area contributed by atoms with E-state index in [1.165, 1.54) is 13.0 Å². The molecule has 0 aromatic heterocycles. The van der Waals surface area contributed by atoms with Gasteiger partial charge in [0.1, 0.15) is 5.82 Å². The molecule has 2 aliphatic heterocycles. The summed E-state index contributed by atoms with van der Waals surface area (Å²) in [6.45, 7) is 12.4. The topological polar surface area (TPSA) is 35.6 Å². The van der Waals surface area contributed by atoms with Crippen LogP contribution in [-0.4, -0.2) is 22.3 Å². The van der Waals surface area contributed by atoms with Crippen molar-refractivity contribution in [3.05, 3.63) is 94.6 Å². The largest absolute Gasteiger partial charge is 0.345 e. The molecule has 6 heteroatoms. The molecule has 0 radical (unpaired) electrons. The number of nitrogens with zero attached hydrogens (tertiary/aromatic N) is 2. The highest BCUT2D eigenvalue weighted by Crippen LogP contribution is 2.35. The van der Waals surface area contributed by atoms with Gasteiger partial charge in [-0.3, -0.25) is 4.79 Å². The Morgan fingerprint density at radius 1 is 1.29 bits per heavy atom. The van der Waals surface area contributed by atoms with Crippen LogP contribution in [0.2, 0.25) is 5.02 Å². The third kappa shape index (κ3) is 3.90. The first-order chi connectivity index (χ1) is 13.3. The molecular weight excluding hydrogens is 377 g/mol. The maximum atomic E-state index is 13.9. The Morgan fingerprint density at radius 2 is 2.04 bits per heavy atom. The average Bonchev–Trinajstić information content (AvgIpc) is 2.63. The van der Waals surface area contributed by atoms with Gasteiger partial charge < -0.3 is 15.1 Å². The Balaban J connectivity index is 1.73. The Kier molecular flexibility index (Phi) is 5.75. The van der Waals surface area contributed by atoms with Gasteiger partial charge >= 0.3 is 0 Å². The summed E-state index contributed by atoms with van der Waals surface area (Å²) in [5.74, 6) is -0.415. The molecule has 28 heavy (non-hydrogen) atoms. The standard InChI is InChI=1S/C22H23ClFN3O/c1-14-15(2)22-16(3)26(11-12-27(22)13-21(14)25-17(4)28)10-6-7-18-19(23)8-5-9-20(18)24/h5,8-9,11-13H,1,3,6-7,10H2,2,4H3,(H,25,28). The molecule has 1 aromatic carbocycles. The Morgan fingerprint density at radius 3 is 2.71 bits per heavy atom. The molecule has 0 aliphatic carbocycles. The highest BCUT2D eigenvalue weighted by atomic mass is 35.5. The van der Waals surface area contributed by atoms with Crippen molar-refractivity contribution in [3.8, 4) is 0 Å². The summed E-state index contributed by atoms with van der Waals surface area (Å²) in [6.07, 6.45) is 6.95. The summed E-state index contributed by atoms with van der Waals surface area (Å²) in [6, 6.07) is 4.75. The van der Waals surface area contributed by atoms with Crippen molar-refractivity contribution in [1.29, 1.82) is 0 Å². The Bertz CT molecular complexity index is 925. The lowest BCUT2D eigenvalue weighted by atomic mass is 9.97. The lowest BCUT2D eigenvalue weighted by Gasteiger charge is -2.38. The van der Waals surface area contributed by atoms with Crippen LogP contribution in [0.5, 0.6) is 0 Å². The maximum Gasteiger partial charge on any atom is 0.221 e. The van der Waals surface area contributed by atoms with Gasteiger partial charge in [0.25, 0.3) is 0 Å². The fourth-order valence-corrected chi connectivity index (χ4v) is 3.64. The number of benzene rings is 1. The number of hydrogen-bond donors (Lipinski definition) is 1. The average molecular weight is 400 g/mol. The molecule has 4 nitrogen and oxygen atoms in total. The van der Waals surface area contributed by atoms with E-state index in [2.05, 4.69) is 18.5 Å². The lowest BCUT2D eigenvalue weighted by Crippen LogP contribution is -2.34. The highest BCUT2D eigenvalue weighted by Gasteiger charge is 2.27. The van der Waals surface area contributed by atoms with Gasteiger partial charge in [-0.15, -0.1) is 0 Å². The van der Waals surface area contributed by atoms with Crippen LogP contribution in [0.15, 0.2) is 78.2 Å². The first-order valence-corrected chi connectivity index (χ1v) is 9.42. The summed E-state index contributed by atoms with van der Waals surface area (Å²) in [5, 5.41) is 3.26. The fourth-order valence-electron chi connectivity index (χ4n) is 3.39. The molecule has 0 bridgehead atoms. The molecule has 2 aliphatic rings. The van der Waals surface area contributed by atoms with Crippen LogP contribution in [0.1, 0.15) is 25.8 Å². The lowest BCUT2D eigenvalue weighted by molar-refractivity contribution is -0.118. The fraction of sp³-hybridized carbons (Fsp3) is 0.227. The molecule has 0 fully saturated rings. The van der Waals surface area contributed by atoms with E-state index in [1.54, 1.807) is 12.1 Å². The normalized spacial score (nSPS) is 16.4. The van der Waals surface area contributed by atoms with Crippen molar-refractivity contribution in [2.75, 3.05) is 6.54 Å². The highest BCUT2D eigenvalue weighted by molar-refractivity contribution is 6.31. The summed E-state index contributed by atoms with van der Waals surface area (Å²) >= 11 is 6.11. The predicted molar refractivity (Wildman–Crippen MR) is 110 cm³/mol. The van der Waals surface area contributed by atoms with Gasteiger partial charge in [0.2, 0.25) is 5.91 Å². The van der Waals surface area contributed by atoms with E-state index in [0.717, 1.165) is 29.0 Å². The number of carbonyl (C=O) groups excluding carboxylic acids is 1. The second-order valence-corrected chi connectivity index (χ2v) is 7.23. The molecule has 146 valence electrons. The summed E-state index contributed by atoms with van der Waals surface area (Å²) < 4.78 is 13.9. The molecule has 3 rings (SSSR count). The van der Waals surface area contributed by atoms with Gasteiger partial charge in [-0.25, -0.2) is 4.39 Å². The van der Waals surface area contributed by atoms with Gasteiger partial charge in [0.05, 0.1) is 17.1 Å². The molecule has 1 aromatic rings. The van der Waals surface area contributed by atoms with E-state index in [0.29, 0.717) is 29.2 Å². The molecule has 0 atom stereocenters. The molecule has 2 heterocycles. The first kappa shape index (κ1) is 20.0. The van der Waals surface area contributed by atoms with Crippen molar-refractivity contribution >= 4 is 17.5 Å². The minimum Gasteiger partial charge on any atom is -0.345 e. The Labute approximate surface area is 170 Å².